The lowest BCUT2D eigenvalue weighted by Crippen LogP contribution is -2.36. The number of ether oxygens (including phenoxy) is 1. The van der Waals surface area contributed by atoms with Crippen molar-refractivity contribution in [3.05, 3.63) is 6.20 Å². The maximum absolute atomic E-state index is 12.5. The second-order valence-electron chi connectivity index (χ2n) is 4.39. The number of methoxy groups -OCH3 is 1. The molecule has 1 aromatic heterocycles. The van der Waals surface area contributed by atoms with Crippen LogP contribution in [0.5, 0.6) is 0 Å². The van der Waals surface area contributed by atoms with Gasteiger partial charge in [0, 0.05) is 32.9 Å². The van der Waals surface area contributed by atoms with E-state index in [1.54, 1.807) is 14.2 Å². The number of nitrogens with zero attached hydrogens (tertiary/aromatic N) is 3. The molecule has 1 aliphatic carbocycles. The Labute approximate surface area is 107 Å². The number of hydrogen-bond acceptors (Lipinski definition) is 5. The molecule has 7 nitrogen and oxygen atoms in total. The Bertz CT molecular complexity index is 521. The first-order valence-electron chi connectivity index (χ1n) is 5.76. The predicted molar refractivity (Wildman–Crippen MR) is 66.4 cm³/mol. The van der Waals surface area contributed by atoms with Gasteiger partial charge in [-0.2, -0.15) is 9.40 Å². The normalized spacial score (nSPS) is 16.4. The molecule has 0 bridgehead atoms. The summed E-state index contributed by atoms with van der Waals surface area (Å²) in [6, 6.07) is 0.0738. The molecule has 1 heterocycles. The van der Waals surface area contributed by atoms with Crippen molar-refractivity contribution in [2.75, 3.05) is 26.0 Å². The van der Waals surface area contributed by atoms with Gasteiger partial charge in [0.05, 0.1) is 6.61 Å². The van der Waals surface area contributed by atoms with Crippen molar-refractivity contribution in [1.29, 1.82) is 0 Å². The Hall–Kier alpha value is -1.12. The number of anilines is 1. The van der Waals surface area contributed by atoms with Crippen molar-refractivity contribution < 1.29 is 13.2 Å². The lowest BCUT2D eigenvalue weighted by atomic mass is 10.6. The van der Waals surface area contributed by atoms with Crippen molar-refractivity contribution in [3.8, 4) is 0 Å². The zero-order valence-corrected chi connectivity index (χ0v) is 11.4. The van der Waals surface area contributed by atoms with Gasteiger partial charge in [0.2, 0.25) is 10.0 Å². The molecule has 0 spiro atoms. The lowest BCUT2D eigenvalue weighted by Gasteiger charge is -2.20. The summed E-state index contributed by atoms with van der Waals surface area (Å²) >= 11 is 0. The van der Waals surface area contributed by atoms with Gasteiger partial charge in [-0.15, -0.1) is 0 Å². The van der Waals surface area contributed by atoms with Crippen LogP contribution in [0.3, 0.4) is 0 Å². The molecule has 102 valence electrons. The Balaban J connectivity index is 2.30. The molecule has 0 unspecified atom stereocenters. The molecular weight excluding hydrogens is 256 g/mol. The Morgan fingerprint density at radius 3 is 2.72 bits per heavy atom. The van der Waals surface area contributed by atoms with Crippen molar-refractivity contribution in [2.45, 2.75) is 23.8 Å². The maximum atomic E-state index is 12.5. The van der Waals surface area contributed by atoms with E-state index < -0.39 is 10.0 Å². The van der Waals surface area contributed by atoms with Crippen LogP contribution < -0.4 is 5.73 Å². The van der Waals surface area contributed by atoms with E-state index in [-0.39, 0.29) is 16.8 Å². The van der Waals surface area contributed by atoms with Crippen LogP contribution in [0.25, 0.3) is 0 Å². The molecule has 8 heteroatoms. The molecule has 2 rings (SSSR count). The van der Waals surface area contributed by atoms with Crippen LogP contribution in [-0.2, 0) is 21.8 Å². The van der Waals surface area contributed by atoms with Crippen LogP contribution >= 0.6 is 0 Å². The van der Waals surface area contributed by atoms with Gasteiger partial charge < -0.3 is 10.5 Å². The zero-order valence-electron chi connectivity index (χ0n) is 10.5. The first kappa shape index (κ1) is 13.3. The summed E-state index contributed by atoms with van der Waals surface area (Å²) in [5.74, 6) is 0.0422. The second-order valence-corrected chi connectivity index (χ2v) is 6.25. The minimum absolute atomic E-state index is 0.0422. The predicted octanol–water partition coefficient (Wildman–Crippen LogP) is -0.198. The van der Waals surface area contributed by atoms with Gasteiger partial charge in [-0.1, -0.05) is 0 Å². The van der Waals surface area contributed by atoms with Gasteiger partial charge in [0.25, 0.3) is 0 Å². The molecular formula is C10H18N4O3S. The van der Waals surface area contributed by atoms with Crippen LogP contribution in [0.1, 0.15) is 12.8 Å². The lowest BCUT2D eigenvalue weighted by molar-refractivity contribution is 0.177. The third-order valence-corrected chi connectivity index (χ3v) is 4.85. The quantitative estimate of drug-likeness (QED) is 0.776. The van der Waals surface area contributed by atoms with Gasteiger partial charge >= 0.3 is 0 Å². The SMILES string of the molecule is COCCN(C1CC1)S(=O)(=O)c1cn(C)nc1N. The molecule has 0 aromatic carbocycles. The highest BCUT2D eigenvalue weighted by atomic mass is 32.2. The standard InChI is InChI=1S/C10H18N4O3S/c1-13-7-9(10(11)12-13)18(15,16)14(5-6-17-2)8-3-4-8/h7-8H,3-6H2,1-2H3,(H2,11,12). The summed E-state index contributed by atoms with van der Waals surface area (Å²) in [6.45, 7) is 0.716. The van der Waals surface area contributed by atoms with Gasteiger partial charge in [-0.25, -0.2) is 8.42 Å². The average Bonchev–Trinajstić information content (AvgIpc) is 3.04. The van der Waals surface area contributed by atoms with Gasteiger partial charge in [0.1, 0.15) is 4.90 Å². The third-order valence-electron chi connectivity index (χ3n) is 2.88. The molecule has 1 aromatic rings. The fraction of sp³-hybridized carbons (Fsp3) is 0.700. The smallest absolute Gasteiger partial charge is 0.248 e. The molecule has 1 fully saturated rings. The fourth-order valence-corrected chi connectivity index (χ4v) is 3.61. The molecule has 0 saturated heterocycles. The van der Waals surface area contributed by atoms with E-state index in [2.05, 4.69) is 5.10 Å². The molecule has 2 N–H and O–H groups in total. The van der Waals surface area contributed by atoms with Crippen LogP contribution in [-0.4, -0.2) is 48.8 Å². The topological polar surface area (TPSA) is 90.5 Å². The zero-order chi connectivity index (χ0) is 13.3. The van der Waals surface area contributed by atoms with Crippen molar-refractivity contribution in [1.82, 2.24) is 14.1 Å². The number of sulfonamides is 1. The fourth-order valence-electron chi connectivity index (χ4n) is 1.85. The van der Waals surface area contributed by atoms with Crippen LogP contribution in [0, 0.1) is 0 Å². The van der Waals surface area contributed by atoms with Gasteiger partial charge in [-0.3, -0.25) is 4.68 Å². The molecule has 0 atom stereocenters. The molecule has 0 amide bonds. The molecule has 0 aliphatic heterocycles. The number of rotatable bonds is 6. The highest BCUT2D eigenvalue weighted by molar-refractivity contribution is 7.89. The summed E-state index contributed by atoms with van der Waals surface area (Å²) in [7, 11) is -0.378. The van der Waals surface area contributed by atoms with Crippen molar-refractivity contribution in [3.63, 3.8) is 0 Å². The molecule has 1 saturated carbocycles. The Morgan fingerprint density at radius 2 is 2.28 bits per heavy atom. The second kappa shape index (κ2) is 4.87. The monoisotopic (exact) mass is 274 g/mol. The van der Waals surface area contributed by atoms with Gasteiger partial charge in [0.15, 0.2) is 5.82 Å². The molecule has 18 heavy (non-hydrogen) atoms. The Kier molecular flexibility index (Phi) is 3.60. The highest BCUT2D eigenvalue weighted by Gasteiger charge is 2.39. The first-order valence-corrected chi connectivity index (χ1v) is 7.20. The van der Waals surface area contributed by atoms with E-state index in [4.69, 9.17) is 10.5 Å². The van der Waals surface area contributed by atoms with Crippen LogP contribution in [0.15, 0.2) is 11.1 Å². The van der Waals surface area contributed by atoms with E-state index in [9.17, 15) is 8.42 Å². The number of aryl methyl sites for hydroxylation is 1. The number of nitrogen functional groups attached to an aromatic ring is 1. The van der Waals surface area contributed by atoms with Crippen molar-refractivity contribution >= 4 is 15.8 Å². The van der Waals surface area contributed by atoms with E-state index in [0.717, 1.165) is 12.8 Å². The minimum atomic E-state index is -3.57. The largest absolute Gasteiger partial charge is 0.383 e. The summed E-state index contributed by atoms with van der Waals surface area (Å²) in [4.78, 5) is 0.0769. The van der Waals surface area contributed by atoms with Crippen LogP contribution in [0.2, 0.25) is 0 Å². The van der Waals surface area contributed by atoms with E-state index in [1.165, 1.54) is 15.2 Å². The summed E-state index contributed by atoms with van der Waals surface area (Å²) < 4.78 is 32.8. The minimum Gasteiger partial charge on any atom is -0.383 e. The van der Waals surface area contributed by atoms with Crippen LogP contribution in [0.4, 0.5) is 5.82 Å². The van der Waals surface area contributed by atoms with E-state index >= 15 is 0 Å². The number of nitrogens with two attached hydrogens (primary N) is 1. The molecule has 1 aliphatic rings. The Morgan fingerprint density at radius 1 is 1.61 bits per heavy atom. The molecule has 0 radical (unpaired) electrons. The highest BCUT2D eigenvalue weighted by Crippen LogP contribution is 2.33. The third kappa shape index (κ3) is 2.50. The summed E-state index contributed by atoms with van der Waals surface area (Å²) in [5.41, 5.74) is 5.65. The summed E-state index contributed by atoms with van der Waals surface area (Å²) in [6.07, 6.45) is 3.22. The van der Waals surface area contributed by atoms with Gasteiger partial charge in [-0.05, 0) is 12.8 Å². The summed E-state index contributed by atoms with van der Waals surface area (Å²) in [5, 5.41) is 3.88. The van der Waals surface area contributed by atoms with E-state index in [1.807, 2.05) is 0 Å². The average molecular weight is 274 g/mol. The van der Waals surface area contributed by atoms with Crippen molar-refractivity contribution in [2.24, 2.45) is 7.05 Å². The maximum Gasteiger partial charge on any atom is 0.248 e. The van der Waals surface area contributed by atoms with E-state index in [0.29, 0.717) is 13.2 Å². The number of hydrogen-bond donors (Lipinski definition) is 1. The number of aromatic nitrogens is 2. The first-order chi connectivity index (χ1) is 8.46.